The number of carboxylic acid groups (broad SMARTS) is 1. The number of nitrogens with zero attached hydrogens (tertiary/aromatic N) is 5. The van der Waals surface area contributed by atoms with Crippen LogP contribution in [0.25, 0.3) is 10.4 Å². The fourth-order valence-corrected chi connectivity index (χ4v) is 5.43. The number of carbonyl (C=O) groups is 1. The third-order valence-electron chi connectivity index (χ3n) is 5.73. The van der Waals surface area contributed by atoms with Gasteiger partial charge >= 0.3 is 13.1 Å². The Morgan fingerprint density at radius 3 is 2.33 bits per heavy atom. The molecule has 216 valence electrons. The van der Waals surface area contributed by atoms with Crippen LogP contribution in [0.4, 0.5) is 0 Å². The highest BCUT2D eigenvalue weighted by molar-refractivity contribution is 7.89. The molecule has 1 aliphatic rings. The summed E-state index contributed by atoms with van der Waals surface area (Å²) in [6.45, 7) is 6.04. The standard InChI is InChI=1S/C13H19NO4S.C10H13N5O4.ClH/c1-3-9-14(10-4-2)19(17,18)12-7-5-11(6-8-12)13(15)16;1-5-3-15(10(18)12-9(5)17)8-2-6(13-14-11)7(4-16)19-8;/h5-8H,3-4,9-10H2,1-2H3,(H,15,16);3,6-8,16H,2,4H2,1H3,(H,12,17,18);1H. The Balaban J connectivity index is 0.000000724. The molecule has 0 aliphatic carbocycles. The number of sulfonamides is 1. The molecule has 2 aromatic rings. The van der Waals surface area contributed by atoms with E-state index in [1.807, 2.05) is 13.8 Å². The molecule has 39 heavy (non-hydrogen) atoms. The lowest BCUT2D eigenvalue weighted by Crippen LogP contribution is -3.00. The SMILES string of the molecule is CCCN(CCC)S(=O)(=O)c1ccc(C(=O)O)cc1.Cc1cn(C2CC(N=[N+]=[N-])C(CO)O2)c(=O)[nH]c1=O.[Cl-].[H+]. The first-order valence-corrected chi connectivity index (χ1v) is 13.4. The number of H-pyrrole nitrogens is 1. The molecule has 16 heteroatoms. The van der Waals surface area contributed by atoms with Gasteiger partial charge in [-0.05, 0) is 49.6 Å². The number of hydrogen-bond acceptors (Lipinski definition) is 8. The predicted octanol–water partition coefficient (Wildman–Crippen LogP) is -0.884. The number of aliphatic hydroxyl groups excluding tert-OH is 1. The van der Waals surface area contributed by atoms with E-state index in [2.05, 4.69) is 15.0 Å². The number of azide groups is 1. The largest absolute Gasteiger partial charge is 1.00 e. The summed E-state index contributed by atoms with van der Waals surface area (Å²) in [7, 11) is -3.53. The van der Waals surface area contributed by atoms with Crippen LogP contribution in [-0.4, -0.2) is 70.3 Å². The van der Waals surface area contributed by atoms with Crippen LogP contribution in [0, 0.1) is 6.92 Å². The topological polar surface area (TPSA) is 208 Å². The molecule has 3 N–H and O–H groups in total. The third kappa shape index (κ3) is 8.65. The Morgan fingerprint density at radius 2 is 1.85 bits per heavy atom. The van der Waals surface area contributed by atoms with Gasteiger partial charge in [-0.1, -0.05) is 19.0 Å². The molecule has 1 aliphatic heterocycles. The molecule has 14 nitrogen and oxygen atoms in total. The van der Waals surface area contributed by atoms with E-state index in [4.69, 9.17) is 20.5 Å². The lowest BCUT2D eigenvalue weighted by atomic mass is 10.1. The second kappa shape index (κ2) is 15.4. The third-order valence-corrected chi connectivity index (χ3v) is 7.64. The van der Waals surface area contributed by atoms with Gasteiger partial charge in [0.2, 0.25) is 10.0 Å². The van der Waals surface area contributed by atoms with Gasteiger partial charge in [0.15, 0.2) is 0 Å². The summed E-state index contributed by atoms with van der Waals surface area (Å²) in [5.74, 6) is -1.07. The molecule has 0 radical (unpaired) electrons. The minimum Gasteiger partial charge on any atom is -1.00 e. The van der Waals surface area contributed by atoms with Crippen molar-refractivity contribution in [2.75, 3.05) is 19.7 Å². The monoisotopic (exact) mass is 588 g/mol. The van der Waals surface area contributed by atoms with E-state index in [9.17, 15) is 22.8 Å². The Morgan fingerprint density at radius 1 is 1.26 bits per heavy atom. The molecule has 0 bridgehead atoms. The Labute approximate surface area is 232 Å². The highest BCUT2D eigenvalue weighted by Crippen LogP contribution is 2.29. The van der Waals surface area contributed by atoms with Crippen molar-refractivity contribution in [2.45, 2.75) is 63.3 Å². The number of halogens is 1. The van der Waals surface area contributed by atoms with E-state index in [0.29, 0.717) is 18.7 Å². The van der Waals surface area contributed by atoms with E-state index in [-0.39, 0.29) is 37.3 Å². The van der Waals surface area contributed by atoms with Gasteiger partial charge in [-0.2, -0.15) is 4.31 Å². The molecular formula is C23H33ClN6O8S. The molecule has 2 heterocycles. The fourth-order valence-electron chi connectivity index (χ4n) is 3.81. The van der Waals surface area contributed by atoms with Crippen LogP contribution in [0.1, 0.15) is 56.7 Å². The van der Waals surface area contributed by atoms with Crippen LogP contribution >= 0.6 is 0 Å². The number of nitrogens with one attached hydrogen (secondary N) is 1. The normalized spacial score (nSPS) is 18.4. The van der Waals surface area contributed by atoms with Crippen LogP contribution in [0.5, 0.6) is 0 Å². The second-order valence-corrected chi connectivity index (χ2v) is 10.5. The van der Waals surface area contributed by atoms with Crippen LogP contribution in [-0.2, 0) is 14.8 Å². The van der Waals surface area contributed by atoms with Crippen molar-refractivity contribution in [3.8, 4) is 0 Å². The minimum atomic E-state index is -3.53. The molecule has 0 spiro atoms. The molecule has 1 saturated heterocycles. The molecule has 3 unspecified atom stereocenters. The first kappa shape index (κ1) is 33.8. The average molecular weight is 589 g/mol. The van der Waals surface area contributed by atoms with Crippen molar-refractivity contribution in [3.63, 3.8) is 0 Å². The van der Waals surface area contributed by atoms with Crippen molar-refractivity contribution < 1.29 is 42.0 Å². The lowest BCUT2D eigenvalue weighted by Gasteiger charge is -2.20. The van der Waals surface area contributed by atoms with Gasteiger partial charge < -0.3 is 27.4 Å². The summed E-state index contributed by atoms with van der Waals surface area (Å²) in [6.07, 6.45) is 1.81. The maximum Gasteiger partial charge on any atom is 1.00 e. The molecule has 0 amide bonds. The average Bonchev–Trinajstić information content (AvgIpc) is 3.29. The van der Waals surface area contributed by atoms with E-state index in [0.717, 1.165) is 12.8 Å². The number of carboxylic acids is 1. The number of aromatic carboxylic acids is 1. The zero-order valence-corrected chi connectivity index (χ0v) is 23.3. The fraction of sp³-hybridized carbons (Fsp3) is 0.522. The summed E-state index contributed by atoms with van der Waals surface area (Å²) in [5, 5.41) is 21.5. The van der Waals surface area contributed by atoms with Crippen molar-refractivity contribution in [1.82, 2.24) is 13.9 Å². The molecular weight excluding hydrogens is 556 g/mol. The number of rotatable bonds is 10. The number of aromatic amines is 1. The smallest absolute Gasteiger partial charge is 1.00 e. The summed E-state index contributed by atoms with van der Waals surface area (Å²) < 4.78 is 32.9. The minimum absolute atomic E-state index is 0. The molecule has 1 fully saturated rings. The molecule has 3 atom stereocenters. The number of aromatic nitrogens is 2. The van der Waals surface area contributed by atoms with Crippen molar-refractivity contribution >= 4 is 16.0 Å². The zero-order valence-electron chi connectivity index (χ0n) is 22.7. The van der Waals surface area contributed by atoms with E-state index in [1.54, 1.807) is 6.92 Å². The second-order valence-electron chi connectivity index (χ2n) is 8.53. The van der Waals surface area contributed by atoms with Crippen LogP contribution in [0.2, 0.25) is 0 Å². The Kier molecular flexibility index (Phi) is 13.4. The number of aryl methyl sites for hydroxylation is 1. The Bertz CT molecular complexity index is 1370. The number of hydrogen-bond donors (Lipinski definition) is 3. The molecule has 3 rings (SSSR count). The quantitative estimate of drug-likeness (QED) is 0.180. The van der Waals surface area contributed by atoms with Gasteiger partial charge in [-0.15, -0.1) is 0 Å². The van der Waals surface area contributed by atoms with E-state index >= 15 is 0 Å². The highest BCUT2D eigenvalue weighted by atomic mass is 35.5. The Hall–Kier alpha value is -3.20. The van der Waals surface area contributed by atoms with Gasteiger partial charge in [0.05, 0.1) is 29.2 Å². The van der Waals surface area contributed by atoms with E-state index in [1.165, 1.54) is 39.3 Å². The summed E-state index contributed by atoms with van der Waals surface area (Å²) in [5.41, 5.74) is 7.84. The van der Waals surface area contributed by atoms with Crippen LogP contribution in [0.15, 0.2) is 50.1 Å². The summed E-state index contributed by atoms with van der Waals surface area (Å²) in [6, 6.07) is 4.77. The van der Waals surface area contributed by atoms with Crippen molar-refractivity contribution in [2.24, 2.45) is 5.11 Å². The number of ether oxygens (including phenoxy) is 1. The first-order chi connectivity index (χ1) is 18.0. The van der Waals surface area contributed by atoms with Gasteiger partial charge in [0, 0.05) is 36.2 Å². The first-order valence-electron chi connectivity index (χ1n) is 12.0. The van der Waals surface area contributed by atoms with Gasteiger partial charge in [0.25, 0.3) is 5.56 Å². The van der Waals surface area contributed by atoms with E-state index < -0.39 is 45.6 Å². The summed E-state index contributed by atoms with van der Waals surface area (Å²) in [4.78, 5) is 38.7. The molecule has 0 saturated carbocycles. The predicted molar refractivity (Wildman–Crippen MR) is 138 cm³/mol. The van der Waals surface area contributed by atoms with Gasteiger partial charge in [-0.3, -0.25) is 14.3 Å². The van der Waals surface area contributed by atoms with Crippen LogP contribution in [0.3, 0.4) is 0 Å². The van der Waals surface area contributed by atoms with Crippen molar-refractivity contribution in [1.29, 1.82) is 0 Å². The molecule has 1 aromatic heterocycles. The molecule has 1 aromatic carbocycles. The zero-order chi connectivity index (χ0) is 28.5. The maximum atomic E-state index is 12.4. The maximum absolute atomic E-state index is 12.4. The van der Waals surface area contributed by atoms with Gasteiger partial charge in [0.1, 0.15) is 6.23 Å². The highest BCUT2D eigenvalue weighted by Gasteiger charge is 2.35. The lowest BCUT2D eigenvalue weighted by molar-refractivity contribution is -0.0271. The van der Waals surface area contributed by atoms with Crippen LogP contribution < -0.4 is 23.7 Å². The van der Waals surface area contributed by atoms with Crippen molar-refractivity contribution in [3.05, 3.63) is 72.9 Å². The summed E-state index contributed by atoms with van der Waals surface area (Å²) >= 11 is 0. The van der Waals surface area contributed by atoms with Gasteiger partial charge in [-0.25, -0.2) is 18.0 Å². The number of aliphatic hydroxyl groups is 1. The number of benzene rings is 1.